The molecule has 0 spiro atoms. The van der Waals surface area contributed by atoms with E-state index in [-0.39, 0.29) is 47.8 Å². The van der Waals surface area contributed by atoms with E-state index in [0.29, 0.717) is 10.0 Å². The molecule has 0 radical (unpaired) electrons. The van der Waals surface area contributed by atoms with Gasteiger partial charge in [0.2, 0.25) is 0 Å². The largest absolute Gasteiger partial charge is 0.476 e. The maximum absolute atomic E-state index is 14.7. The van der Waals surface area contributed by atoms with Crippen LogP contribution in [-0.4, -0.2) is 38.5 Å². The molecule has 0 aliphatic rings. The number of Topliss-reactive ketones (excluding diaryl/α,β-unsaturated/α-hetero) is 1. The van der Waals surface area contributed by atoms with E-state index in [9.17, 15) is 23.5 Å². The van der Waals surface area contributed by atoms with Crippen LogP contribution in [-0.2, 0) is 0 Å². The number of aliphatic hydroxyl groups excluding tert-OH is 1. The lowest BCUT2D eigenvalue weighted by Crippen LogP contribution is -2.10. The Hall–Kier alpha value is -3.24. The smallest absolute Gasteiger partial charge is 0.356 e. The zero-order valence-corrected chi connectivity index (χ0v) is 18.1. The van der Waals surface area contributed by atoms with E-state index in [1.807, 2.05) is 0 Å². The van der Waals surface area contributed by atoms with E-state index in [4.69, 9.17) is 10.8 Å². The molecule has 10 heteroatoms. The number of rotatable bonds is 8. The van der Waals surface area contributed by atoms with Gasteiger partial charge in [0.05, 0.1) is 11.8 Å². The summed E-state index contributed by atoms with van der Waals surface area (Å²) in [5, 5.41) is 18.7. The minimum Gasteiger partial charge on any atom is -0.476 e. The molecule has 0 aliphatic heterocycles. The van der Waals surface area contributed by atoms with E-state index in [1.54, 1.807) is 6.07 Å². The molecule has 1 heterocycles. The Kier molecular flexibility index (Phi) is 7.26. The topological polar surface area (TPSA) is 126 Å². The van der Waals surface area contributed by atoms with E-state index < -0.39 is 29.3 Å². The van der Waals surface area contributed by atoms with E-state index in [1.165, 1.54) is 24.3 Å². The monoisotopic (exact) mass is 505 g/mol. The van der Waals surface area contributed by atoms with E-state index >= 15 is 0 Å². The highest BCUT2D eigenvalue weighted by atomic mass is 79.9. The first-order valence-electron chi connectivity index (χ1n) is 9.45. The van der Waals surface area contributed by atoms with Gasteiger partial charge in [-0.2, -0.15) is 0 Å². The lowest BCUT2D eigenvalue weighted by atomic mass is 9.92. The summed E-state index contributed by atoms with van der Waals surface area (Å²) >= 11 is 3.19. The lowest BCUT2D eigenvalue weighted by molar-refractivity contribution is 0.0690. The molecule has 0 unspecified atom stereocenters. The van der Waals surface area contributed by atoms with Crippen LogP contribution < -0.4 is 5.73 Å². The summed E-state index contributed by atoms with van der Waals surface area (Å²) in [6.07, 6.45) is 1.10. The van der Waals surface area contributed by atoms with Gasteiger partial charge < -0.3 is 15.9 Å². The Labute approximate surface area is 190 Å². The van der Waals surface area contributed by atoms with Crippen molar-refractivity contribution in [3.8, 4) is 11.3 Å². The summed E-state index contributed by atoms with van der Waals surface area (Å²) < 4.78 is 28.8. The second-order valence-electron chi connectivity index (χ2n) is 7.03. The van der Waals surface area contributed by atoms with Gasteiger partial charge in [-0.1, -0.05) is 22.0 Å². The van der Waals surface area contributed by atoms with Crippen LogP contribution in [0.25, 0.3) is 11.3 Å². The first-order chi connectivity index (χ1) is 15.2. The zero-order valence-electron chi connectivity index (χ0n) is 16.6. The van der Waals surface area contributed by atoms with Crippen molar-refractivity contribution < 1.29 is 28.6 Å². The van der Waals surface area contributed by atoms with Crippen LogP contribution in [0.2, 0.25) is 0 Å². The number of carbonyl (C=O) groups excluding carboxylic acids is 1. The van der Waals surface area contributed by atoms with E-state index in [2.05, 4.69) is 25.9 Å². The summed E-state index contributed by atoms with van der Waals surface area (Å²) in [4.78, 5) is 31.3. The summed E-state index contributed by atoms with van der Waals surface area (Å²) in [5.41, 5.74) is 5.89. The SMILES string of the molecule is Nc1ncc(C(=O)O)nc1-c1ccc(C(=O)CC[C@H](CO)c2cc(F)cc(Br)c2)c(F)c1. The van der Waals surface area contributed by atoms with Crippen molar-refractivity contribution in [3.05, 3.63) is 75.5 Å². The molecule has 1 aromatic heterocycles. The molecule has 166 valence electrons. The Bertz CT molecular complexity index is 1170. The second-order valence-corrected chi connectivity index (χ2v) is 7.95. The lowest BCUT2D eigenvalue weighted by Gasteiger charge is -2.15. The third-order valence-corrected chi connectivity index (χ3v) is 5.32. The van der Waals surface area contributed by atoms with Gasteiger partial charge in [0.15, 0.2) is 11.5 Å². The van der Waals surface area contributed by atoms with E-state index in [0.717, 1.165) is 12.3 Å². The van der Waals surface area contributed by atoms with Gasteiger partial charge in [0.25, 0.3) is 0 Å². The molecule has 0 aliphatic carbocycles. The number of benzene rings is 2. The average Bonchev–Trinajstić information content (AvgIpc) is 2.73. The van der Waals surface area contributed by atoms with Crippen molar-refractivity contribution in [1.29, 1.82) is 0 Å². The molecule has 3 aromatic rings. The van der Waals surface area contributed by atoms with Crippen LogP contribution in [0.3, 0.4) is 0 Å². The maximum Gasteiger partial charge on any atom is 0.356 e. The molecule has 32 heavy (non-hydrogen) atoms. The fourth-order valence-corrected chi connectivity index (χ4v) is 3.70. The van der Waals surface area contributed by atoms with Crippen molar-refractivity contribution in [2.75, 3.05) is 12.3 Å². The van der Waals surface area contributed by atoms with Crippen molar-refractivity contribution >= 4 is 33.5 Å². The van der Waals surface area contributed by atoms with Gasteiger partial charge in [0, 0.05) is 29.0 Å². The first-order valence-corrected chi connectivity index (χ1v) is 10.2. The van der Waals surface area contributed by atoms with Crippen LogP contribution in [0.4, 0.5) is 14.6 Å². The molecule has 0 fully saturated rings. The predicted molar refractivity (Wildman–Crippen MR) is 116 cm³/mol. The minimum atomic E-state index is -1.31. The number of carboxylic acids is 1. The molecule has 7 nitrogen and oxygen atoms in total. The molecule has 4 N–H and O–H groups in total. The van der Waals surface area contributed by atoms with Crippen LogP contribution in [0.15, 0.2) is 47.1 Å². The molecule has 0 bridgehead atoms. The number of anilines is 1. The number of hydrogen-bond acceptors (Lipinski definition) is 6. The second kappa shape index (κ2) is 9.92. The van der Waals surface area contributed by atoms with Crippen molar-refractivity contribution in [3.63, 3.8) is 0 Å². The zero-order chi connectivity index (χ0) is 23.4. The maximum atomic E-state index is 14.7. The van der Waals surface area contributed by atoms with Crippen LogP contribution in [0, 0.1) is 11.6 Å². The summed E-state index contributed by atoms with van der Waals surface area (Å²) in [6, 6.07) is 7.91. The highest BCUT2D eigenvalue weighted by Crippen LogP contribution is 2.28. The number of nitrogens with zero attached hydrogens (tertiary/aromatic N) is 2. The van der Waals surface area contributed by atoms with Crippen LogP contribution in [0.1, 0.15) is 45.2 Å². The highest BCUT2D eigenvalue weighted by molar-refractivity contribution is 9.10. The number of carbonyl (C=O) groups is 2. The number of carboxylic acid groups (broad SMARTS) is 1. The number of hydrogen-bond donors (Lipinski definition) is 3. The van der Waals surface area contributed by atoms with Gasteiger partial charge in [-0.15, -0.1) is 0 Å². The predicted octanol–water partition coefficient (Wildman–Crippen LogP) is 4.20. The van der Waals surface area contributed by atoms with Crippen molar-refractivity contribution in [1.82, 2.24) is 9.97 Å². The number of nitrogen functional groups attached to an aromatic ring is 1. The third-order valence-electron chi connectivity index (χ3n) is 4.86. The molecule has 0 saturated heterocycles. The summed E-state index contributed by atoms with van der Waals surface area (Å²) in [7, 11) is 0. The highest BCUT2D eigenvalue weighted by Gasteiger charge is 2.19. The number of nitrogens with two attached hydrogens (primary N) is 1. The Balaban J connectivity index is 1.78. The molecule has 3 rings (SSSR count). The minimum absolute atomic E-state index is 0.0141. The quantitative estimate of drug-likeness (QED) is 0.391. The Morgan fingerprint density at radius 1 is 1.16 bits per heavy atom. The van der Waals surface area contributed by atoms with Gasteiger partial charge >= 0.3 is 5.97 Å². The fraction of sp³-hybridized carbons (Fsp3) is 0.182. The average molecular weight is 506 g/mol. The number of ketones is 1. The Morgan fingerprint density at radius 3 is 2.53 bits per heavy atom. The molecule has 0 amide bonds. The Morgan fingerprint density at radius 2 is 1.91 bits per heavy atom. The number of aromatic nitrogens is 2. The molecule has 2 aromatic carbocycles. The number of halogens is 3. The van der Waals surface area contributed by atoms with Crippen molar-refractivity contribution in [2.45, 2.75) is 18.8 Å². The summed E-state index contributed by atoms with van der Waals surface area (Å²) in [5.74, 6) is -3.70. The molecular formula is C22H18BrF2N3O4. The van der Waals surface area contributed by atoms with Gasteiger partial charge in [-0.25, -0.2) is 23.5 Å². The fourth-order valence-electron chi connectivity index (χ4n) is 3.22. The van der Waals surface area contributed by atoms with Gasteiger partial charge in [0.1, 0.15) is 23.1 Å². The first kappa shape index (κ1) is 23.4. The molecule has 0 saturated carbocycles. The number of aromatic carboxylic acids is 1. The standard InChI is InChI=1S/C22H18BrF2N3O4/c23-14-5-13(6-15(24)8-14)12(10-29)2-4-19(30)16-3-1-11(7-17(16)25)20-21(26)27-9-18(28-20)22(31)32/h1,3,5-9,12,29H,2,4,10H2,(H2,26,27)(H,31,32)/t12-/m1/s1. The molecule has 1 atom stereocenters. The van der Waals surface area contributed by atoms with Crippen LogP contribution in [0.5, 0.6) is 0 Å². The summed E-state index contributed by atoms with van der Waals surface area (Å²) in [6.45, 7) is -0.303. The normalized spacial score (nSPS) is 11.9. The molecular weight excluding hydrogens is 488 g/mol. The van der Waals surface area contributed by atoms with Crippen molar-refractivity contribution in [2.24, 2.45) is 0 Å². The van der Waals surface area contributed by atoms with Gasteiger partial charge in [-0.3, -0.25) is 4.79 Å². The van der Waals surface area contributed by atoms with Crippen LogP contribution >= 0.6 is 15.9 Å². The third kappa shape index (κ3) is 5.32. The number of aliphatic hydroxyl groups is 1. The van der Waals surface area contributed by atoms with Gasteiger partial charge in [-0.05, 0) is 42.3 Å².